The second-order valence-electron chi connectivity index (χ2n) is 8.68. The number of carbonyl (C=O) groups is 2. The van der Waals surface area contributed by atoms with E-state index in [1.54, 1.807) is 11.8 Å². The van der Waals surface area contributed by atoms with Crippen molar-refractivity contribution in [1.82, 2.24) is 10.2 Å². The van der Waals surface area contributed by atoms with Gasteiger partial charge in [-0.05, 0) is 54.2 Å². The maximum absolute atomic E-state index is 13.0. The summed E-state index contributed by atoms with van der Waals surface area (Å²) < 4.78 is 6.72. The van der Waals surface area contributed by atoms with E-state index in [4.69, 9.17) is 4.74 Å². The van der Waals surface area contributed by atoms with Crippen LogP contribution >= 0.6 is 15.9 Å². The molecule has 2 rings (SSSR count). The minimum Gasteiger partial charge on any atom is -0.484 e. The van der Waals surface area contributed by atoms with E-state index < -0.39 is 6.04 Å². The van der Waals surface area contributed by atoms with E-state index in [-0.39, 0.29) is 23.8 Å². The Labute approximate surface area is 194 Å². The highest BCUT2D eigenvalue weighted by Gasteiger charge is 2.26. The van der Waals surface area contributed by atoms with Crippen molar-refractivity contribution in [3.05, 3.63) is 64.1 Å². The maximum atomic E-state index is 13.0. The summed E-state index contributed by atoms with van der Waals surface area (Å²) in [7, 11) is 0. The lowest BCUT2D eigenvalue weighted by Crippen LogP contribution is -2.49. The molecule has 0 fully saturated rings. The van der Waals surface area contributed by atoms with E-state index in [9.17, 15) is 9.59 Å². The van der Waals surface area contributed by atoms with Crippen molar-refractivity contribution in [2.24, 2.45) is 0 Å². The van der Waals surface area contributed by atoms with Crippen LogP contribution in [0.2, 0.25) is 0 Å². The van der Waals surface area contributed by atoms with E-state index in [2.05, 4.69) is 42.0 Å². The van der Waals surface area contributed by atoms with Crippen LogP contribution in [-0.2, 0) is 21.5 Å². The van der Waals surface area contributed by atoms with Gasteiger partial charge in [0.1, 0.15) is 11.8 Å². The van der Waals surface area contributed by atoms with E-state index in [0.29, 0.717) is 18.8 Å². The Balaban J connectivity index is 2.10. The molecule has 0 aliphatic heterocycles. The molecular weight excluding hydrogens is 456 g/mol. The van der Waals surface area contributed by atoms with Gasteiger partial charge in [-0.2, -0.15) is 0 Å². The molecule has 0 saturated carbocycles. The number of halogens is 1. The fourth-order valence-corrected chi connectivity index (χ4v) is 3.31. The van der Waals surface area contributed by atoms with Crippen LogP contribution in [0, 0.1) is 0 Å². The molecule has 2 aromatic carbocycles. The smallest absolute Gasteiger partial charge is 0.261 e. The summed E-state index contributed by atoms with van der Waals surface area (Å²) in [6.45, 7) is 11.0. The van der Waals surface area contributed by atoms with Gasteiger partial charge in [0, 0.05) is 17.6 Å². The minimum atomic E-state index is -0.602. The molecule has 1 atom stereocenters. The first-order chi connectivity index (χ1) is 14.6. The lowest BCUT2D eigenvalue weighted by Gasteiger charge is -2.28. The molecule has 2 aromatic rings. The largest absolute Gasteiger partial charge is 0.484 e. The average molecular weight is 489 g/mol. The van der Waals surface area contributed by atoms with Crippen LogP contribution in [0.4, 0.5) is 0 Å². The van der Waals surface area contributed by atoms with Crippen molar-refractivity contribution in [3.63, 3.8) is 0 Å². The molecule has 0 aromatic heterocycles. The van der Waals surface area contributed by atoms with Crippen molar-refractivity contribution in [2.45, 2.75) is 59.0 Å². The Hall–Kier alpha value is -2.34. The molecule has 168 valence electrons. The van der Waals surface area contributed by atoms with Crippen molar-refractivity contribution in [3.8, 4) is 5.75 Å². The first-order valence-electron chi connectivity index (χ1n) is 10.7. The Morgan fingerprint density at radius 3 is 2.23 bits per heavy atom. The summed E-state index contributed by atoms with van der Waals surface area (Å²) in [5, 5.41) is 2.88. The Kier molecular flexibility index (Phi) is 9.11. The second kappa shape index (κ2) is 11.3. The van der Waals surface area contributed by atoms with E-state index in [1.165, 1.54) is 5.56 Å². The Bertz CT molecular complexity index is 858. The highest BCUT2D eigenvalue weighted by Crippen LogP contribution is 2.24. The lowest BCUT2D eigenvalue weighted by atomic mass is 9.87. The van der Waals surface area contributed by atoms with Crippen molar-refractivity contribution in [1.29, 1.82) is 0 Å². The van der Waals surface area contributed by atoms with Gasteiger partial charge in [-0.15, -0.1) is 0 Å². The number of carbonyl (C=O) groups excluding carboxylic acids is 2. The molecule has 31 heavy (non-hydrogen) atoms. The van der Waals surface area contributed by atoms with Gasteiger partial charge < -0.3 is 15.0 Å². The van der Waals surface area contributed by atoms with E-state index in [1.807, 2.05) is 55.5 Å². The zero-order valence-corrected chi connectivity index (χ0v) is 20.7. The fraction of sp³-hybridized carbons (Fsp3) is 0.440. The molecular formula is C25H33BrN2O3. The summed E-state index contributed by atoms with van der Waals surface area (Å²) in [4.78, 5) is 27.2. The van der Waals surface area contributed by atoms with Crippen LogP contribution < -0.4 is 10.1 Å². The SMILES string of the molecule is CCCNC(=O)[C@H](C)N(Cc1ccc(Br)cc1)C(=O)COc1ccc(C(C)(C)C)cc1. The zero-order chi connectivity index (χ0) is 23.0. The number of hydrogen-bond acceptors (Lipinski definition) is 3. The molecule has 0 radical (unpaired) electrons. The van der Waals surface area contributed by atoms with E-state index in [0.717, 1.165) is 16.5 Å². The quantitative estimate of drug-likeness (QED) is 0.535. The van der Waals surface area contributed by atoms with Crippen molar-refractivity contribution < 1.29 is 14.3 Å². The molecule has 0 bridgehead atoms. The van der Waals surface area contributed by atoms with Crippen LogP contribution in [0.3, 0.4) is 0 Å². The van der Waals surface area contributed by atoms with Gasteiger partial charge >= 0.3 is 0 Å². The highest BCUT2D eigenvalue weighted by molar-refractivity contribution is 9.10. The Morgan fingerprint density at radius 2 is 1.68 bits per heavy atom. The topological polar surface area (TPSA) is 58.6 Å². The predicted octanol–water partition coefficient (Wildman–Crippen LogP) is 5.07. The maximum Gasteiger partial charge on any atom is 0.261 e. The molecule has 0 aliphatic rings. The van der Waals surface area contributed by atoms with Crippen LogP contribution in [0.5, 0.6) is 5.75 Å². The van der Waals surface area contributed by atoms with Gasteiger partial charge in [0.2, 0.25) is 5.91 Å². The normalized spacial score (nSPS) is 12.2. The molecule has 0 spiro atoms. The first kappa shape index (κ1) is 24.9. The standard InChI is InChI=1S/C25H33BrN2O3/c1-6-15-27-24(30)18(2)28(16-19-7-11-21(26)12-8-19)23(29)17-31-22-13-9-20(10-14-22)25(3,4)5/h7-14,18H,6,15-17H2,1-5H3,(H,27,30)/t18-/m0/s1. The molecule has 6 heteroatoms. The van der Waals surface area contributed by atoms with Gasteiger partial charge in [0.15, 0.2) is 6.61 Å². The van der Waals surface area contributed by atoms with Crippen LogP contribution in [0.1, 0.15) is 52.2 Å². The molecule has 0 heterocycles. The summed E-state index contributed by atoms with van der Waals surface area (Å²) in [6, 6.07) is 14.9. The summed E-state index contributed by atoms with van der Waals surface area (Å²) in [6.07, 6.45) is 0.840. The third-order valence-electron chi connectivity index (χ3n) is 5.07. The molecule has 0 unspecified atom stereocenters. The Morgan fingerprint density at radius 1 is 1.06 bits per heavy atom. The number of benzene rings is 2. The number of amides is 2. The molecule has 0 saturated heterocycles. The van der Waals surface area contributed by atoms with Crippen LogP contribution in [-0.4, -0.2) is 35.9 Å². The second-order valence-corrected chi connectivity index (χ2v) is 9.59. The lowest BCUT2D eigenvalue weighted by molar-refractivity contribution is -0.142. The number of hydrogen-bond donors (Lipinski definition) is 1. The number of rotatable bonds is 9. The summed E-state index contributed by atoms with van der Waals surface area (Å²) in [5.74, 6) is 0.233. The van der Waals surface area contributed by atoms with Gasteiger partial charge in [-0.3, -0.25) is 9.59 Å². The third kappa shape index (κ3) is 7.69. The zero-order valence-electron chi connectivity index (χ0n) is 19.1. The molecule has 0 aliphatic carbocycles. The van der Waals surface area contributed by atoms with Gasteiger partial charge in [-0.1, -0.05) is 67.9 Å². The van der Waals surface area contributed by atoms with Gasteiger partial charge in [0.25, 0.3) is 5.91 Å². The van der Waals surface area contributed by atoms with E-state index >= 15 is 0 Å². The highest BCUT2D eigenvalue weighted by atomic mass is 79.9. The average Bonchev–Trinajstić information content (AvgIpc) is 2.74. The first-order valence-corrected chi connectivity index (χ1v) is 11.5. The van der Waals surface area contributed by atoms with Gasteiger partial charge in [0.05, 0.1) is 0 Å². The van der Waals surface area contributed by atoms with Crippen molar-refractivity contribution >= 4 is 27.7 Å². The number of nitrogens with one attached hydrogen (secondary N) is 1. The minimum absolute atomic E-state index is 0.0527. The van der Waals surface area contributed by atoms with Crippen molar-refractivity contribution in [2.75, 3.05) is 13.2 Å². The third-order valence-corrected chi connectivity index (χ3v) is 5.59. The number of nitrogens with zero attached hydrogens (tertiary/aromatic N) is 1. The number of ether oxygens (including phenoxy) is 1. The summed E-state index contributed by atoms with van der Waals surface area (Å²) in [5.41, 5.74) is 2.20. The fourth-order valence-electron chi connectivity index (χ4n) is 3.04. The van der Waals surface area contributed by atoms with Crippen LogP contribution in [0.25, 0.3) is 0 Å². The summed E-state index contributed by atoms with van der Waals surface area (Å²) >= 11 is 3.42. The molecule has 2 amide bonds. The van der Waals surface area contributed by atoms with Gasteiger partial charge in [-0.25, -0.2) is 0 Å². The predicted molar refractivity (Wildman–Crippen MR) is 128 cm³/mol. The molecule has 1 N–H and O–H groups in total. The van der Waals surface area contributed by atoms with Crippen LogP contribution in [0.15, 0.2) is 53.0 Å². The molecule has 5 nitrogen and oxygen atoms in total. The monoisotopic (exact) mass is 488 g/mol.